The van der Waals surface area contributed by atoms with E-state index in [0.29, 0.717) is 11.6 Å². The zero-order valence-corrected chi connectivity index (χ0v) is 16.7. The van der Waals surface area contributed by atoms with Crippen LogP contribution in [0.3, 0.4) is 0 Å². The molecule has 0 fully saturated rings. The molecule has 0 spiro atoms. The predicted molar refractivity (Wildman–Crippen MR) is 112 cm³/mol. The summed E-state index contributed by atoms with van der Waals surface area (Å²) in [5, 5.41) is 1.71. The number of benzene rings is 1. The van der Waals surface area contributed by atoms with Gasteiger partial charge in [0.2, 0.25) is 0 Å². The third kappa shape index (κ3) is 5.79. The zero-order chi connectivity index (χ0) is 18.9. The van der Waals surface area contributed by atoms with Crippen LogP contribution >= 0.6 is 11.6 Å². The third-order valence-corrected chi connectivity index (χ3v) is 4.58. The Labute approximate surface area is 161 Å². The summed E-state index contributed by atoms with van der Waals surface area (Å²) in [5.74, 6) is 1.59. The molecular formula is C22H28ClNO2. The third-order valence-electron chi connectivity index (χ3n) is 4.35. The molecule has 0 aliphatic carbocycles. The molecule has 0 saturated heterocycles. The van der Waals surface area contributed by atoms with E-state index in [1.807, 2.05) is 43.3 Å². The number of furan rings is 1. The van der Waals surface area contributed by atoms with Gasteiger partial charge in [-0.2, -0.15) is 0 Å². The van der Waals surface area contributed by atoms with Gasteiger partial charge in [0, 0.05) is 17.0 Å². The molecule has 3 nitrogen and oxygen atoms in total. The Hall–Kier alpha value is -1.97. The standard InChI is InChI=1S/C22H28ClNO2/c1-5-20(25-14-8-13-24(6-2)7-3)11-9-17(4)22-16-18-15-19(23)10-12-21(18)26-22/h5,9-12,15-16H,1,6-8,13-14H2,2-4H3/b17-9+,20-11+. The molecule has 1 heterocycles. The van der Waals surface area contributed by atoms with E-state index in [0.717, 1.165) is 54.1 Å². The van der Waals surface area contributed by atoms with Crippen LogP contribution in [0.15, 0.2) is 59.2 Å². The average molecular weight is 374 g/mol. The topological polar surface area (TPSA) is 25.6 Å². The van der Waals surface area contributed by atoms with Crippen LogP contribution in [-0.2, 0) is 4.74 Å². The smallest absolute Gasteiger partial charge is 0.134 e. The summed E-state index contributed by atoms with van der Waals surface area (Å²) in [4.78, 5) is 2.39. The number of ether oxygens (including phenoxy) is 1. The van der Waals surface area contributed by atoms with E-state index in [4.69, 9.17) is 20.8 Å². The number of allylic oxidation sites excluding steroid dienone is 4. The second-order valence-corrected chi connectivity index (χ2v) is 6.58. The quantitative estimate of drug-likeness (QED) is 0.277. The molecule has 1 aromatic carbocycles. The molecular weight excluding hydrogens is 346 g/mol. The van der Waals surface area contributed by atoms with Crippen LogP contribution in [0.4, 0.5) is 0 Å². The summed E-state index contributed by atoms with van der Waals surface area (Å²) >= 11 is 6.03. The van der Waals surface area contributed by atoms with Gasteiger partial charge in [0.15, 0.2) is 0 Å². The first kappa shape index (κ1) is 20.3. The summed E-state index contributed by atoms with van der Waals surface area (Å²) in [6, 6.07) is 7.62. The van der Waals surface area contributed by atoms with E-state index in [9.17, 15) is 0 Å². The number of hydrogen-bond acceptors (Lipinski definition) is 3. The maximum absolute atomic E-state index is 6.03. The Morgan fingerprint density at radius 3 is 2.69 bits per heavy atom. The summed E-state index contributed by atoms with van der Waals surface area (Å²) < 4.78 is 11.7. The number of halogens is 1. The Morgan fingerprint density at radius 2 is 2.00 bits per heavy atom. The number of nitrogens with zero attached hydrogens (tertiary/aromatic N) is 1. The predicted octanol–water partition coefficient (Wildman–Crippen LogP) is 6.31. The normalized spacial score (nSPS) is 12.8. The fourth-order valence-electron chi connectivity index (χ4n) is 2.69. The minimum Gasteiger partial charge on any atom is -0.494 e. The first-order valence-corrected chi connectivity index (χ1v) is 9.50. The lowest BCUT2D eigenvalue weighted by Crippen LogP contribution is -2.24. The highest BCUT2D eigenvalue weighted by Gasteiger charge is 2.05. The molecule has 0 unspecified atom stereocenters. The molecule has 2 aromatic rings. The van der Waals surface area contributed by atoms with Crippen molar-refractivity contribution in [3.8, 4) is 0 Å². The highest BCUT2D eigenvalue weighted by Crippen LogP contribution is 2.27. The minimum atomic E-state index is 0.685. The second kappa shape index (κ2) is 10.2. The van der Waals surface area contributed by atoms with Crippen LogP contribution in [-0.4, -0.2) is 31.1 Å². The molecule has 26 heavy (non-hydrogen) atoms. The van der Waals surface area contributed by atoms with Gasteiger partial charge in [-0.25, -0.2) is 0 Å². The molecule has 140 valence electrons. The molecule has 1 aromatic heterocycles. The molecule has 4 heteroatoms. The van der Waals surface area contributed by atoms with Crippen molar-refractivity contribution < 1.29 is 9.15 Å². The van der Waals surface area contributed by atoms with Gasteiger partial charge in [0.05, 0.1) is 6.61 Å². The van der Waals surface area contributed by atoms with E-state index < -0.39 is 0 Å². The highest BCUT2D eigenvalue weighted by atomic mass is 35.5. The van der Waals surface area contributed by atoms with Crippen molar-refractivity contribution in [2.24, 2.45) is 0 Å². The molecule has 0 atom stereocenters. The SMILES string of the molecule is C=C/C(=C\C=C(/C)c1cc2cc(Cl)ccc2o1)OCCCN(CC)CC. The van der Waals surface area contributed by atoms with Crippen molar-refractivity contribution in [2.45, 2.75) is 27.2 Å². The van der Waals surface area contributed by atoms with E-state index >= 15 is 0 Å². The van der Waals surface area contributed by atoms with Gasteiger partial charge in [-0.1, -0.05) is 38.1 Å². The molecule has 2 rings (SSSR count). The van der Waals surface area contributed by atoms with Gasteiger partial charge in [0.1, 0.15) is 17.1 Å². The first-order chi connectivity index (χ1) is 12.6. The van der Waals surface area contributed by atoms with Crippen LogP contribution in [0.1, 0.15) is 33.0 Å². The molecule has 0 bridgehead atoms. The molecule has 0 amide bonds. The minimum absolute atomic E-state index is 0.685. The van der Waals surface area contributed by atoms with Crippen LogP contribution in [0.25, 0.3) is 16.5 Å². The monoisotopic (exact) mass is 373 g/mol. The fourth-order valence-corrected chi connectivity index (χ4v) is 2.87. The van der Waals surface area contributed by atoms with E-state index in [2.05, 4.69) is 25.3 Å². The van der Waals surface area contributed by atoms with Gasteiger partial charge in [-0.15, -0.1) is 0 Å². The number of fused-ring (bicyclic) bond motifs is 1. The van der Waals surface area contributed by atoms with Crippen LogP contribution in [0, 0.1) is 0 Å². The first-order valence-electron chi connectivity index (χ1n) is 9.13. The van der Waals surface area contributed by atoms with Gasteiger partial charge < -0.3 is 14.1 Å². The largest absolute Gasteiger partial charge is 0.494 e. The van der Waals surface area contributed by atoms with Crippen molar-refractivity contribution in [3.05, 3.63) is 65.6 Å². The molecule has 0 aliphatic rings. The van der Waals surface area contributed by atoms with Crippen LogP contribution in [0.5, 0.6) is 0 Å². The zero-order valence-electron chi connectivity index (χ0n) is 15.9. The fraction of sp³-hybridized carbons (Fsp3) is 0.364. The molecule has 0 radical (unpaired) electrons. The van der Waals surface area contributed by atoms with E-state index in [1.54, 1.807) is 6.08 Å². The molecule has 0 aliphatic heterocycles. The molecule has 0 N–H and O–H groups in total. The maximum Gasteiger partial charge on any atom is 0.134 e. The van der Waals surface area contributed by atoms with Gasteiger partial charge in [0.25, 0.3) is 0 Å². The summed E-state index contributed by atoms with van der Waals surface area (Å²) in [6.45, 7) is 14.1. The Morgan fingerprint density at radius 1 is 1.23 bits per heavy atom. The Kier molecular flexibility index (Phi) is 8.02. The summed E-state index contributed by atoms with van der Waals surface area (Å²) in [5.41, 5.74) is 1.85. The van der Waals surface area contributed by atoms with Crippen molar-refractivity contribution in [1.29, 1.82) is 0 Å². The van der Waals surface area contributed by atoms with Gasteiger partial charge in [-0.3, -0.25) is 0 Å². The number of hydrogen-bond donors (Lipinski definition) is 0. The lowest BCUT2D eigenvalue weighted by molar-refractivity contribution is 0.195. The average Bonchev–Trinajstić information content (AvgIpc) is 3.07. The molecule has 0 saturated carbocycles. The van der Waals surface area contributed by atoms with E-state index in [1.165, 1.54) is 0 Å². The summed E-state index contributed by atoms with van der Waals surface area (Å²) in [7, 11) is 0. The lowest BCUT2D eigenvalue weighted by Gasteiger charge is -2.17. The van der Waals surface area contributed by atoms with E-state index in [-0.39, 0.29) is 0 Å². The lowest BCUT2D eigenvalue weighted by atomic mass is 10.2. The Bertz CT molecular complexity index is 785. The number of rotatable bonds is 10. The van der Waals surface area contributed by atoms with Crippen molar-refractivity contribution in [2.75, 3.05) is 26.2 Å². The van der Waals surface area contributed by atoms with Gasteiger partial charge in [-0.05, 0) is 68.4 Å². The van der Waals surface area contributed by atoms with Crippen molar-refractivity contribution >= 4 is 28.1 Å². The van der Waals surface area contributed by atoms with Crippen LogP contribution in [0.2, 0.25) is 5.02 Å². The van der Waals surface area contributed by atoms with Crippen molar-refractivity contribution in [3.63, 3.8) is 0 Å². The Balaban J connectivity index is 1.97. The summed E-state index contributed by atoms with van der Waals surface area (Å²) in [6.07, 6.45) is 6.65. The maximum atomic E-state index is 6.03. The highest BCUT2D eigenvalue weighted by molar-refractivity contribution is 6.31. The van der Waals surface area contributed by atoms with Gasteiger partial charge >= 0.3 is 0 Å². The van der Waals surface area contributed by atoms with Crippen LogP contribution < -0.4 is 0 Å². The van der Waals surface area contributed by atoms with Crippen molar-refractivity contribution in [1.82, 2.24) is 4.90 Å². The second-order valence-electron chi connectivity index (χ2n) is 6.14.